The van der Waals surface area contributed by atoms with Crippen molar-refractivity contribution in [3.8, 4) is 0 Å². The highest BCUT2D eigenvalue weighted by Crippen LogP contribution is 2.20. The average Bonchev–Trinajstić information content (AvgIpc) is 2.70. The molecule has 1 aromatic heterocycles. The minimum atomic E-state index is -0.606. The molecule has 0 bridgehead atoms. The lowest BCUT2D eigenvalue weighted by Gasteiger charge is -2.13. The zero-order valence-electron chi connectivity index (χ0n) is 11.0. The smallest absolute Gasteiger partial charge is 0.130 e. The summed E-state index contributed by atoms with van der Waals surface area (Å²) in [6, 6.07) is 4.92. The standard InChI is InChI=1S/C14H17F2N3/c1-3-10-7-11(19(2)18-10)8-14(17)12-5-4-9(15)6-13(12)16/h4-7,14H,3,8,17H2,1-2H3. The van der Waals surface area contributed by atoms with Crippen molar-refractivity contribution in [2.45, 2.75) is 25.8 Å². The van der Waals surface area contributed by atoms with Crippen LogP contribution in [0.1, 0.15) is 29.9 Å². The SMILES string of the molecule is CCc1cc(CC(N)c2ccc(F)cc2F)n(C)n1. The Morgan fingerprint density at radius 3 is 2.63 bits per heavy atom. The Bertz CT molecular complexity index is 578. The first kappa shape index (κ1) is 13.7. The Hall–Kier alpha value is -1.75. The summed E-state index contributed by atoms with van der Waals surface area (Å²) in [5.74, 6) is -1.20. The fraction of sp³-hybridized carbons (Fsp3) is 0.357. The lowest BCUT2D eigenvalue weighted by atomic mass is 10.0. The van der Waals surface area contributed by atoms with Crippen LogP contribution < -0.4 is 5.73 Å². The summed E-state index contributed by atoms with van der Waals surface area (Å²) in [5, 5.41) is 4.32. The highest BCUT2D eigenvalue weighted by molar-refractivity contribution is 5.24. The van der Waals surface area contributed by atoms with Crippen LogP contribution in [0.25, 0.3) is 0 Å². The number of benzene rings is 1. The lowest BCUT2D eigenvalue weighted by Crippen LogP contribution is -2.17. The molecule has 2 N–H and O–H groups in total. The summed E-state index contributed by atoms with van der Waals surface area (Å²) in [6.07, 6.45) is 1.31. The van der Waals surface area contributed by atoms with Gasteiger partial charge in [0, 0.05) is 36.8 Å². The number of aromatic nitrogens is 2. The highest BCUT2D eigenvalue weighted by atomic mass is 19.1. The summed E-state index contributed by atoms with van der Waals surface area (Å²) in [6.45, 7) is 2.02. The third kappa shape index (κ3) is 2.98. The van der Waals surface area contributed by atoms with Gasteiger partial charge in [-0.25, -0.2) is 8.78 Å². The van der Waals surface area contributed by atoms with Crippen LogP contribution in [0.4, 0.5) is 8.78 Å². The normalized spacial score (nSPS) is 12.7. The molecule has 0 radical (unpaired) electrons. The van der Waals surface area contributed by atoms with Gasteiger partial charge in [0.1, 0.15) is 11.6 Å². The van der Waals surface area contributed by atoms with Gasteiger partial charge >= 0.3 is 0 Å². The monoisotopic (exact) mass is 265 g/mol. The van der Waals surface area contributed by atoms with E-state index in [0.29, 0.717) is 12.0 Å². The van der Waals surface area contributed by atoms with Crippen LogP contribution in [0, 0.1) is 11.6 Å². The Morgan fingerprint density at radius 1 is 1.32 bits per heavy atom. The van der Waals surface area contributed by atoms with Gasteiger partial charge in [-0.3, -0.25) is 4.68 Å². The second-order valence-electron chi connectivity index (χ2n) is 4.58. The van der Waals surface area contributed by atoms with Gasteiger partial charge < -0.3 is 5.73 Å². The van der Waals surface area contributed by atoms with Crippen LogP contribution in [0.15, 0.2) is 24.3 Å². The molecule has 102 valence electrons. The van der Waals surface area contributed by atoms with E-state index in [1.165, 1.54) is 12.1 Å². The summed E-state index contributed by atoms with van der Waals surface area (Å²) in [4.78, 5) is 0. The second-order valence-corrected chi connectivity index (χ2v) is 4.58. The Balaban J connectivity index is 2.20. The molecule has 0 saturated carbocycles. The van der Waals surface area contributed by atoms with Gasteiger partial charge in [0.15, 0.2) is 0 Å². The van der Waals surface area contributed by atoms with Crippen molar-refractivity contribution in [3.63, 3.8) is 0 Å². The van der Waals surface area contributed by atoms with Gasteiger partial charge in [-0.15, -0.1) is 0 Å². The average molecular weight is 265 g/mol. The van der Waals surface area contributed by atoms with Crippen molar-refractivity contribution in [2.75, 3.05) is 0 Å². The zero-order chi connectivity index (χ0) is 14.0. The molecule has 3 nitrogen and oxygen atoms in total. The molecule has 1 heterocycles. The minimum Gasteiger partial charge on any atom is -0.324 e. The zero-order valence-corrected chi connectivity index (χ0v) is 11.0. The van der Waals surface area contributed by atoms with Crippen LogP contribution >= 0.6 is 0 Å². The quantitative estimate of drug-likeness (QED) is 0.923. The minimum absolute atomic E-state index is 0.320. The van der Waals surface area contributed by atoms with E-state index >= 15 is 0 Å². The fourth-order valence-electron chi connectivity index (χ4n) is 2.07. The van der Waals surface area contributed by atoms with E-state index in [1.807, 2.05) is 20.0 Å². The maximum Gasteiger partial charge on any atom is 0.130 e. The van der Waals surface area contributed by atoms with E-state index in [1.54, 1.807) is 4.68 Å². The first-order valence-corrected chi connectivity index (χ1v) is 6.23. The van der Waals surface area contributed by atoms with Crippen LogP contribution in [-0.2, 0) is 19.9 Å². The van der Waals surface area contributed by atoms with E-state index in [9.17, 15) is 8.78 Å². The van der Waals surface area contributed by atoms with Crippen LogP contribution in [0.2, 0.25) is 0 Å². The van der Waals surface area contributed by atoms with E-state index < -0.39 is 17.7 Å². The molecule has 0 aliphatic heterocycles. The number of hydrogen-bond acceptors (Lipinski definition) is 2. The molecule has 1 aromatic carbocycles. The maximum atomic E-state index is 13.6. The first-order chi connectivity index (χ1) is 9.01. The predicted molar refractivity (Wildman–Crippen MR) is 69.6 cm³/mol. The van der Waals surface area contributed by atoms with Gasteiger partial charge in [0.25, 0.3) is 0 Å². The molecule has 0 amide bonds. The predicted octanol–water partition coefficient (Wildman–Crippen LogP) is 2.50. The van der Waals surface area contributed by atoms with Crippen molar-refractivity contribution in [1.29, 1.82) is 0 Å². The topological polar surface area (TPSA) is 43.8 Å². The molecule has 0 aliphatic rings. The third-order valence-electron chi connectivity index (χ3n) is 3.18. The van der Waals surface area contributed by atoms with E-state index in [0.717, 1.165) is 23.9 Å². The summed E-state index contributed by atoms with van der Waals surface area (Å²) in [5.41, 5.74) is 8.23. The summed E-state index contributed by atoms with van der Waals surface area (Å²) < 4.78 is 28.2. The molecule has 0 spiro atoms. The number of nitrogens with zero attached hydrogens (tertiary/aromatic N) is 2. The molecule has 0 saturated heterocycles. The molecule has 0 fully saturated rings. The molecule has 2 aromatic rings. The van der Waals surface area contributed by atoms with Crippen molar-refractivity contribution >= 4 is 0 Å². The highest BCUT2D eigenvalue weighted by Gasteiger charge is 2.15. The largest absolute Gasteiger partial charge is 0.324 e. The molecular weight excluding hydrogens is 248 g/mol. The van der Waals surface area contributed by atoms with Crippen molar-refractivity contribution in [3.05, 3.63) is 52.9 Å². The van der Waals surface area contributed by atoms with Gasteiger partial charge in [0.2, 0.25) is 0 Å². The fourth-order valence-corrected chi connectivity index (χ4v) is 2.07. The van der Waals surface area contributed by atoms with Gasteiger partial charge in [-0.1, -0.05) is 13.0 Å². The van der Waals surface area contributed by atoms with Gasteiger partial charge in [-0.05, 0) is 18.6 Å². The number of nitrogens with two attached hydrogens (primary N) is 1. The third-order valence-corrected chi connectivity index (χ3v) is 3.18. The molecule has 19 heavy (non-hydrogen) atoms. The van der Waals surface area contributed by atoms with Gasteiger partial charge in [-0.2, -0.15) is 5.10 Å². The van der Waals surface area contributed by atoms with Gasteiger partial charge in [0.05, 0.1) is 5.69 Å². The Kier molecular flexibility index (Phi) is 3.95. The summed E-state index contributed by atoms with van der Waals surface area (Å²) in [7, 11) is 1.84. The number of halogens is 2. The summed E-state index contributed by atoms with van der Waals surface area (Å²) >= 11 is 0. The first-order valence-electron chi connectivity index (χ1n) is 6.23. The molecular formula is C14H17F2N3. The molecule has 2 rings (SSSR count). The number of aryl methyl sites for hydroxylation is 2. The van der Waals surface area contributed by atoms with Crippen molar-refractivity contribution in [2.24, 2.45) is 12.8 Å². The molecule has 1 atom stereocenters. The lowest BCUT2D eigenvalue weighted by molar-refractivity contribution is 0.548. The molecule has 0 aliphatic carbocycles. The second kappa shape index (κ2) is 5.48. The maximum absolute atomic E-state index is 13.6. The number of hydrogen-bond donors (Lipinski definition) is 1. The van der Waals surface area contributed by atoms with Crippen LogP contribution in [0.3, 0.4) is 0 Å². The molecule has 1 unspecified atom stereocenters. The van der Waals surface area contributed by atoms with E-state index in [-0.39, 0.29) is 0 Å². The Morgan fingerprint density at radius 2 is 2.05 bits per heavy atom. The van der Waals surface area contributed by atoms with Crippen molar-refractivity contribution < 1.29 is 8.78 Å². The van der Waals surface area contributed by atoms with E-state index in [2.05, 4.69) is 5.10 Å². The number of rotatable bonds is 4. The van der Waals surface area contributed by atoms with Crippen molar-refractivity contribution in [1.82, 2.24) is 9.78 Å². The van der Waals surface area contributed by atoms with Crippen LogP contribution in [-0.4, -0.2) is 9.78 Å². The van der Waals surface area contributed by atoms with Crippen LogP contribution in [0.5, 0.6) is 0 Å². The molecule has 5 heteroatoms. The Labute approximate surface area is 111 Å². The van der Waals surface area contributed by atoms with E-state index in [4.69, 9.17) is 5.73 Å².